The highest BCUT2D eigenvalue weighted by Gasteiger charge is 2.05. The summed E-state index contributed by atoms with van der Waals surface area (Å²) in [6, 6.07) is 4.35. The molecule has 0 aliphatic heterocycles. The van der Waals surface area contributed by atoms with Crippen LogP contribution in [0.5, 0.6) is 5.75 Å². The SMILES string of the molecule is C=CCCOc1c(C)cc(CNC)cc1C. The molecule has 1 aromatic rings. The first kappa shape index (κ1) is 12.8. The van der Waals surface area contributed by atoms with E-state index in [0.717, 1.165) is 18.7 Å². The molecule has 0 saturated carbocycles. The number of benzene rings is 1. The molecule has 0 fully saturated rings. The molecule has 0 radical (unpaired) electrons. The van der Waals surface area contributed by atoms with Crippen molar-refractivity contribution < 1.29 is 4.74 Å². The molecule has 0 aliphatic rings. The third-order valence-electron chi connectivity index (χ3n) is 2.47. The largest absolute Gasteiger partial charge is 0.493 e. The van der Waals surface area contributed by atoms with Gasteiger partial charge in [0.25, 0.3) is 0 Å². The second-order valence-corrected chi connectivity index (χ2v) is 4.01. The highest BCUT2D eigenvalue weighted by molar-refractivity contribution is 5.43. The Labute approximate surface area is 98.3 Å². The number of aryl methyl sites for hydroxylation is 2. The summed E-state index contributed by atoms with van der Waals surface area (Å²) >= 11 is 0. The maximum absolute atomic E-state index is 5.75. The van der Waals surface area contributed by atoms with Crippen molar-refractivity contribution in [3.05, 3.63) is 41.5 Å². The Bertz CT molecular complexity index is 335. The van der Waals surface area contributed by atoms with E-state index >= 15 is 0 Å². The van der Waals surface area contributed by atoms with Gasteiger partial charge in [0.15, 0.2) is 0 Å². The highest BCUT2D eigenvalue weighted by atomic mass is 16.5. The van der Waals surface area contributed by atoms with Gasteiger partial charge in [0.1, 0.15) is 5.75 Å². The normalized spacial score (nSPS) is 10.2. The molecule has 1 N–H and O–H groups in total. The second-order valence-electron chi connectivity index (χ2n) is 4.01. The first-order chi connectivity index (χ1) is 7.69. The van der Waals surface area contributed by atoms with Gasteiger partial charge in [0.2, 0.25) is 0 Å². The van der Waals surface area contributed by atoms with Gasteiger partial charge in [0.05, 0.1) is 6.61 Å². The minimum absolute atomic E-state index is 0.705. The van der Waals surface area contributed by atoms with E-state index < -0.39 is 0 Å². The predicted molar refractivity (Wildman–Crippen MR) is 69.0 cm³/mol. The summed E-state index contributed by atoms with van der Waals surface area (Å²) < 4.78 is 5.75. The molecule has 0 saturated heterocycles. The molecule has 1 rings (SSSR count). The van der Waals surface area contributed by atoms with Gasteiger partial charge in [-0.05, 0) is 44.0 Å². The van der Waals surface area contributed by atoms with Crippen molar-refractivity contribution in [2.75, 3.05) is 13.7 Å². The van der Waals surface area contributed by atoms with Gasteiger partial charge in [-0.3, -0.25) is 0 Å². The molecule has 0 amide bonds. The summed E-state index contributed by atoms with van der Waals surface area (Å²) in [6.45, 7) is 9.47. The van der Waals surface area contributed by atoms with E-state index in [-0.39, 0.29) is 0 Å². The Balaban J connectivity index is 2.80. The standard InChI is InChI=1S/C14H21NO/c1-5-6-7-16-14-11(2)8-13(10-15-4)9-12(14)3/h5,8-9,15H,1,6-7,10H2,2-4H3. The molecular formula is C14H21NO. The monoisotopic (exact) mass is 219 g/mol. The molecule has 0 heterocycles. The molecule has 0 unspecified atom stereocenters. The molecule has 0 aliphatic carbocycles. The second kappa shape index (κ2) is 6.33. The molecular weight excluding hydrogens is 198 g/mol. The van der Waals surface area contributed by atoms with Crippen molar-refractivity contribution in [2.24, 2.45) is 0 Å². The van der Waals surface area contributed by atoms with Crippen molar-refractivity contribution in [3.63, 3.8) is 0 Å². The van der Waals surface area contributed by atoms with Crippen LogP contribution in [0.2, 0.25) is 0 Å². The van der Waals surface area contributed by atoms with Crippen molar-refractivity contribution in [1.29, 1.82) is 0 Å². The fraction of sp³-hybridized carbons (Fsp3) is 0.429. The van der Waals surface area contributed by atoms with Crippen LogP contribution in [0.4, 0.5) is 0 Å². The van der Waals surface area contributed by atoms with Crippen LogP contribution in [0.3, 0.4) is 0 Å². The lowest BCUT2D eigenvalue weighted by Crippen LogP contribution is -2.07. The number of hydrogen-bond donors (Lipinski definition) is 1. The van der Waals surface area contributed by atoms with Crippen molar-refractivity contribution in [1.82, 2.24) is 5.32 Å². The summed E-state index contributed by atoms with van der Waals surface area (Å²) in [5, 5.41) is 3.16. The fourth-order valence-corrected chi connectivity index (χ4v) is 1.82. The summed E-state index contributed by atoms with van der Waals surface area (Å²) in [7, 11) is 1.96. The molecule has 88 valence electrons. The average Bonchev–Trinajstić information content (AvgIpc) is 2.23. The maximum Gasteiger partial charge on any atom is 0.125 e. The number of rotatable bonds is 6. The fourth-order valence-electron chi connectivity index (χ4n) is 1.82. The molecule has 0 spiro atoms. The van der Waals surface area contributed by atoms with Gasteiger partial charge in [-0.1, -0.05) is 18.2 Å². The molecule has 0 atom stereocenters. The smallest absolute Gasteiger partial charge is 0.125 e. The zero-order valence-corrected chi connectivity index (χ0v) is 10.5. The lowest BCUT2D eigenvalue weighted by molar-refractivity contribution is 0.320. The molecule has 0 aromatic heterocycles. The van der Waals surface area contributed by atoms with Crippen LogP contribution in [0.25, 0.3) is 0 Å². The zero-order valence-electron chi connectivity index (χ0n) is 10.5. The third kappa shape index (κ3) is 3.38. The Morgan fingerprint density at radius 2 is 1.94 bits per heavy atom. The van der Waals surface area contributed by atoms with E-state index in [1.807, 2.05) is 13.1 Å². The summed E-state index contributed by atoms with van der Waals surface area (Å²) in [5.41, 5.74) is 3.71. The summed E-state index contributed by atoms with van der Waals surface area (Å²) in [5.74, 6) is 1.02. The lowest BCUT2D eigenvalue weighted by atomic mass is 10.1. The van der Waals surface area contributed by atoms with Crippen LogP contribution in [0, 0.1) is 13.8 Å². The summed E-state index contributed by atoms with van der Waals surface area (Å²) in [4.78, 5) is 0. The van der Waals surface area contributed by atoms with E-state index in [0.29, 0.717) is 6.61 Å². The number of hydrogen-bond acceptors (Lipinski definition) is 2. The van der Waals surface area contributed by atoms with E-state index in [1.54, 1.807) is 0 Å². The molecule has 0 bridgehead atoms. The van der Waals surface area contributed by atoms with Gasteiger partial charge in [0, 0.05) is 6.54 Å². The maximum atomic E-state index is 5.75. The molecule has 16 heavy (non-hydrogen) atoms. The minimum atomic E-state index is 0.705. The van der Waals surface area contributed by atoms with Crippen molar-refractivity contribution in [2.45, 2.75) is 26.8 Å². The Morgan fingerprint density at radius 1 is 1.31 bits per heavy atom. The van der Waals surface area contributed by atoms with E-state index in [4.69, 9.17) is 4.74 Å². The van der Waals surface area contributed by atoms with E-state index in [1.165, 1.54) is 16.7 Å². The zero-order chi connectivity index (χ0) is 12.0. The predicted octanol–water partition coefficient (Wildman–Crippen LogP) is 2.98. The van der Waals surface area contributed by atoms with Crippen molar-refractivity contribution in [3.8, 4) is 5.75 Å². The van der Waals surface area contributed by atoms with Crippen molar-refractivity contribution >= 4 is 0 Å². The first-order valence-electron chi connectivity index (χ1n) is 5.67. The first-order valence-corrected chi connectivity index (χ1v) is 5.67. The minimum Gasteiger partial charge on any atom is -0.493 e. The van der Waals surface area contributed by atoms with Gasteiger partial charge >= 0.3 is 0 Å². The van der Waals surface area contributed by atoms with Crippen LogP contribution in [0.15, 0.2) is 24.8 Å². The quantitative estimate of drug-likeness (QED) is 0.586. The number of ether oxygens (including phenoxy) is 1. The van der Waals surface area contributed by atoms with E-state index in [2.05, 4.69) is 37.9 Å². The number of nitrogens with one attached hydrogen (secondary N) is 1. The molecule has 2 nitrogen and oxygen atoms in total. The van der Waals surface area contributed by atoms with E-state index in [9.17, 15) is 0 Å². The average molecular weight is 219 g/mol. The topological polar surface area (TPSA) is 21.3 Å². The van der Waals surface area contributed by atoms with Crippen LogP contribution in [0.1, 0.15) is 23.1 Å². The Hall–Kier alpha value is -1.28. The molecule has 1 aromatic carbocycles. The Morgan fingerprint density at radius 3 is 2.44 bits per heavy atom. The van der Waals surface area contributed by atoms with Gasteiger partial charge in [-0.2, -0.15) is 0 Å². The highest BCUT2D eigenvalue weighted by Crippen LogP contribution is 2.24. The summed E-state index contributed by atoms with van der Waals surface area (Å²) in [6.07, 6.45) is 2.76. The van der Waals surface area contributed by atoms with Gasteiger partial charge in [-0.15, -0.1) is 6.58 Å². The third-order valence-corrected chi connectivity index (χ3v) is 2.47. The van der Waals surface area contributed by atoms with Crippen LogP contribution >= 0.6 is 0 Å². The van der Waals surface area contributed by atoms with Gasteiger partial charge < -0.3 is 10.1 Å². The molecule has 2 heteroatoms. The van der Waals surface area contributed by atoms with Crippen LogP contribution in [-0.4, -0.2) is 13.7 Å². The van der Waals surface area contributed by atoms with Crippen LogP contribution < -0.4 is 10.1 Å². The van der Waals surface area contributed by atoms with Gasteiger partial charge in [-0.25, -0.2) is 0 Å². The van der Waals surface area contributed by atoms with Crippen LogP contribution in [-0.2, 0) is 6.54 Å². The lowest BCUT2D eigenvalue weighted by Gasteiger charge is -2.13. The Kier molecular flexibility index (Phi) is 5.06.